The lowest BCUT2D eigenvalue weighted by Crippen LogP contribution is -2.54. The van der Waals surface area contributed by atoms with E-state index in [0.717, 1.165) is 43.6 Å². The summed E-state index contributed by atoms with van der Waals surface area (Å²) in [6.45, 7) is 4.98. The Morgan fingerprint density at radius 1 is 1.12 bits per heavy atom. The second-order valence-electron chi connectivity index (χ2n) is 7.21. The number of amides is 2. The first-order chi connectivity index (χ1) is 12.1. The minimum Gasteiger partial charge on any atom is -0.338 e. The fraction of sp³-hybridized carbons (Fsp3) is 0.706. The van der Waals surface area contributed by atoms with Crippen molar-refractivity contribution >= 4 is 11.8 Å². The number of aromatic amines is 1. The number of nitrogens with zero attached hydrogens (tertiary/aromatic N) is 4. The molecule has 2 fully saturated rings. The third-order valence-corrected chi connectivity index (χ3v) is 5.69. The minimum atomic E-state index is -0.0220. The maximum Gasteiger partial charge on any atom is 0.274 e. The molecule has 2 amide bonds. The third kappa shape index (κ3) is 3.04. The number of hydrogen-bond donors (Lipinski definition) is 2. The molecule has 1 unspecified atom stereocenters. The quantitative estimate of drug-likeness (QED) is 0.750. The molecule has 1 aromatic heterocycles. The van der Waals surface area contributed by atoms with Gasteiger partial charge in [0.2, 0.25) is 5.91 Å². The van der Waals surface area contributed by atoms with E-state index in [1.165, 1.54) is 0 Å². The lowest BCUT2D eigenvalue weighted by molar-refractivity contribution is -0.137. The summed E-state index contributed by atoms with van der Waals surface area (Å²) >= 11 is 0. The molecule has 3 aliphatic heterocycles. The predicted octanol–water partition coefficient (Wildman–Crippen LogP) is -0.566. The number of hydrogen-bond acceptors (Lipinski definition) is 5. The van der Waals surface area contributed by atoms with Crippen molar-refractivity contribution in [3.63, 3.8) is 0 Å². The Morgan fingerprint density at radius 3 is 2.60 bits per heavy atom. The molecular formula is C17H26N6O2. The molecule has 2 N–H and O–H groups in total. The molecule has 0 spiro atoms. The van der Waals surface area contributed by atoms with Gasteiger partial charge in [-0.2, -0.15) is 5.10 Å². The van der Waals surface area contributed by atoms with Gasteiger partial charge < -0.3 is 15.1 Å². The number of carbonyl (C=O) groups is 2. The van der Waals surface area contributed by atoms with Crippen LogP contribution in [0, 0.1) is 0 Å². The Hall–Kier alpha value is -1.93. The summed E-state index contributed by atoms with van der Waals surface area (Å²) in [5, 5.41) is 10.6. The molecule has 0 saturated carbocycles. The molecule has 3 aliphatic rings. The van der Waals surface area contributed by atoms with Gasteiger partial charge in [-0.1, -0.05) is 0 Å². The van der Waals surface area contributed by atoms with Crippen LogP contribution < -0.4 is 5.32 Å². The average molecular weight is 346 g/mol. The van der Waals surface area contributed by atoms with Gasteiger partial charge in [-0.3, -0.25) is 19.6 Å². The van der Waals surface area contributed by atoms with E-state index in [1.54, 1.807) is 0 Å². The van der Waals surface area contributed by atoms with Crippen LogP contribution in [0.1, 0.15) is 34.6 Å². The van der Waals surface area contributed by atoms with Gasteiger partial charge in [0.15, 0.2) is 5.69 Å². The van der Waals surface area contributed by atoms with Crippen molar-refractivity contribution in [3.8, 4) is 0 Å². The number of fused-ring (bicyclic) bond motifs is 1. The van der Waals surface area contributed by atoms with Gasteiger partial charge >= 0.3 is 0 Å². The molecule has 2 saturated heterocycles. The van der Waals surface area contributed by atoms with Gasteiger partial charge in [0, 0.05) is 56.9 Å². The van der Waals surface area contributed by atoms with E-state index in [0.29, 0.717) is 38.4 Å². The van der Waals surface area contributed by atoms with Crippen LogP contribution in [0.4, 0.5) is 0 Å². The van der Waals surface area contributed by atoms with Crippen molar-refractivity contribution in [1.82, 2.24) is 30.2 Å². The molecular weight excluding hydrogens is 320 g/mol. The lowest BCUT2D eigenvalue weighted by Gasteiger charge is -2.36. The molecule has 8 nitrogen and oxygen atoms in total. The molecule has 1 atom stereocenters. The molecule has 0 radical (unpaired) electrons. The van der Waals surface area contributed by atoms with Crippen LogP contribution >= 0.6 is 0 Å². The largest absolute Gasteiger partial charge is 0.338 e. The predicted molar refractivity (Wildman–Crippen MR) is 92.1 cm³/mol. The second kappa shape index (κ2) is 6.76. The lowest BCUT2D eigenvalue weighted by atomic mass is 10.1. The molecule has 1 aromatic rings. The van der Waals surface area contributed by atoms with Crippen molar-refractivity contribution in [3.05, 3.63) is 17.0 Å². The molecule has 8 heteroatoms. The van der Waals surface area contributed by atoms with Crippen LogP contribution in [-0.2, 0) is 17.8 Å². The topological polar surface area (TPSA) is 84.6 Å². The number of likely N-dealkylation sites (N-methyl/N-ethyl adjacent to an activating group) is 1. The summed E-state index contributed by atoms with van der Waals surface area (Å²) in [5.41, 5.74) is 2.61. The Balaban J connectivity index is 1.38. The first-order valence-corrected chi connectivity index (χ1v) is 9.20. The van der Waals surface area contributed by atoms with Crippen LogP contribution in [0.5, 0.6) is 0 Å². The van der Waals surface area contributed by atoms with Crippen molar-refractivity contribution < 1.29 is 9.59 Å². The number of H-pyrrole nitrogens is 1. The molecule has 136 valence electrons. The van der Waals surface area contributed by atoms with Crippen LogP contribution in [0.25, 0.3) is 0 Å². The average Bonchev–Trinajstić information content (AvgIpc) is 3.27. The molecule has 0 aromatic carbocycles. The highest BCUT2D eigenvalue weighted by molar-refractivity contribution is 5.94. The number of piperazine rings is 1. The molecule has 0 aliphatic carbocycles. The van der Waals surface area contributed by atoms with Crippen molar-refractivity contribution in [1.29, 1.82) is 0 Å². The number of aromatic nitrogens is 2. The zero-order valence-corrected chi connectivity index (χ0v) is 14.8. The second-order valence-corrected chi connectivity index (χ2v) is 7.21. The molecule has 4 heterocycles. The highest BCUT2D eigenvalue weighted by Gasteiger charge is 2.34. The van der Waals surface area contributed by atoms with E-state index in [2.05, 4.69) is 20.4 Å². The minimum absolute atomic E-state index is 0.0201. The maximum atomic E-state index is 12.8. The summed E-state index contributed by atoms with van der Waals surface area (Å²) in [5.74, 6) is 0.194. The van der Waals surface area contributed by atoms with Gasteiger partial charge in [-0.25, -0.2) is 0 Å². The highest BCUT2D eigenvalue weighted by atomic mass is 16.2. The van der Waals surface area contributed by atoms with E-state index < -0.39 is 0 Å². The maximum absolute atomic E-state index is 12.8. The van der Waals surface area contributed by atoms with Gasteiger partial charge in [0.05, 0.1) is 6.04 Å². The SMILES string of the molecule is CN1CCCC1C(=O)N1CCN(C(=O)c2n[nH]c3c2CNCC3)CC1. The van der Waals surface area contributed by atoms with Crippen LogP contribution in [0.3, 0.4) is 0 Å². The smallest absolute Gasteiger partial charge is 0.274 e. The van der Waals surface area contributed by atoms with Gasteiger partial charge in [-0.15, -0.1) is 0 Å². The summed E-state index contributed by atoms with van der Waals surface area (Å²) in [6.07, 6.45) is 2.91. The van der Waals surface area contributed by atoms with E-state index in [1.807, 2.05) is 16.8 Å². The summed E-state index contributed by atoms with van der Waals surface area (Å²) in [7, 11) is 2.02. The summed E-state index contributed by atoms with van der Waals surface area (Å²) in [6, 6.07) is 0.0201. The summed E-state index contributed by atoms with van der Waals surface area (Å²) < 4.78 is 0. The number of rotatable bonds is 2. The normalized spacial score (nSPS) is 24.4. The Kier molecular flexibility index (Phi) is 4.47. The number of carbonyl (C=O) groups excluding carboxylic acids is 2. The van der Waals surface area contributed by atoms with Crippen molar-refractivity contribution in [2.24, 2.45) is 0 Å². The Bertz CT molecular complexity index is 664. The van der Waals surface area contributed by atoms with E-state index in [9.17, 15) is 9.59 Å². The van der Waals surface area contributed by atoms with Gasteiger partial charge in [0.25, 0.3) is 5.91 Å². The van der Waals surface area contributed by atoms with Crippen LogP contribution in [0.2, 0.25) is 0 Å². The van der Waals surface area contributed by atoms with Gasteiger partial charge in [-0.05, 0) is 26.4 Å². The Labute approximate surface area is 147 Å². The molecule has 0 bridgehead atoms. The molecule has 25 heavy (non-hydrogen) atoms. The van der Waals surface area contributed by atoms with Crippen LogP contribution in [0.15, 0.2) is 0 Å². The van der Waals surface area contributed by atoms with E-state index in [4.69, 9.17) is 0 Å². The number of nitrogens with one attached hydrogen (secondary N) is 2. The summed E-state index contributed by atoms with van der Waals surface area (Å²) in [4.78, 5) is 31.4. The fourth-order valence-corrected chi connectivity index (χ4v) is 4.11. The fourth-order valence-electron chi connectivity index (χ4n) is 4.11. The Morgan fingerprint density at radius 2 is 1.88 bits per heavy atom. The highest BCUT2D eigenvalue weighted by Crippen LogP contribution is 2.20. The van der Waals surface area contributed by atoms with Gasteiger partial charge in [0.1, 0.15) is 0 Å². The number of likely N-dealkylation sites (tertiary alicyclic amines) is 1. The first-order valence-electron chi connectivity index (χ1n) is 9.20. The zero-order valence-electron chi connectivity index (χ0n) is 14.8. The van der Waals surface area contributed by atoms with E-state index >= 15 is 0 Å². The third-order valence-electron chi connectivity index (χ3n) is 5.69. The zero-order chi connectivity index (χ0) is 17.4. The van der Waals surface area contributed by atoms with E-state index in [-0.39, 0.29) is 17.9 Å². The van der Waals surface area contributed by atoms with Crippen molar-refractivity contribution in [2.45, 2.75) is 31.8 Å². The molecule has 4 rings (SSSR count). The standard InChI is InChI=1S/C17H26N6O2/c1-21-6-2-3-14(21)16(24)22-7-9-23(10-8-22)17(25)15-12-11-18-5-4-13(12)19-20-15/h14,18H,2-11H2,1H3,(H,19,20). The van der Waals surface area contributed by atoms with Crippen molar-refractivity contribution in [2.75, 3.05) is 46.3 Å². The first kappa shape index (κ1) is 16.5. The monoisotopic (exact) mass is 346 g/mol. The van der Waals surface area contributed by atoms with Crippen LogP contribution in [-0.4, -0.2) is 89.1 Å².